The molecule has 3 N–H and O–H groups in total. The molecule has 5 nitrogen and oxygen atoms in total. The van der Waals surface area contributed by atoms with Crippen molar-refractivity contribution >= 4 is 0 Å². The van der Waals surface area contributed by atoms with Crippen LogP contribution in [0.3, 0.4) is 0 Å². The van der Waals surface area contributed by atoms with Gasteiger partial charge in [-0.1, -0.05) is 18.2 Å². The Balaban J connectivity index is 2.02. The molecule has 0 aromatic heterocycles. The van der Waals surface area contributed by atoms with Gasteiger partial charge < -0.3 is 20.1 Å². The average molecular weight is 281 g/mol. The molecular weight excluding hydrogens is 258 g/mol. The maximum atomic E-state index is 10.2. The summed E-state index contributed by atoms with van der Waals surface area (Å²) in [5.41, 5.74) is 0.0437. The van der Waals surface area contributed by atoms with Crippen LogP contribution < -0.4 is 4.74 Å². The summed E-state index contributed by atoms with van der Waals surface area (Å²) >= 11 is 0. The highest BCUT2D eigenvalue weighted by Crippen LogP contribution is 2.25. The first-order chi connectivity index (χ1) is 9.67. The number of β-amino-alcohol motifs (C(OH)–C–C–N with tert-alkyl or cyclic N) is 1. The van der Waals surface area contributed by atoms with Gasteiger partial charge in [-0.2, -0.15) is 0 Å². The van der Waals surface area contributed by atoms with Crippen LogP contribution in [-0.2, 0) is 6.54 Å². The van der Waals surface area contributed by atoms with Gasteiger partial charge in [0.1, 0.15) is 18.0 Å². The van der Waals surface area contributed by atoms with Gasteiger partial charge in [-0.15, -0.1) is 0 Å². The Bertz CT molecular complexity index is 426. The van der Waals surface area contributed by atoms with E-state index in [1.165, 1.54) is 0 Å². The molecule has 0 amide bonds. The molecule has 112 valence electrons. The van der Waals surface area contributed by atoms with Crippen molar-refractivity contribution in [1.29, 1.82) is 0 Å². The van der Waals surface area contributed by atoms with Gasteiger partial charge in [0, 0.05) is 18.7 Å². The molecule has 1 aliphatic rings. The normalized spacial score (nSPS) is 23.8. The standard InChI is InChI=1S/C15H23NO4/c17-8-9-20-14-5-2-1-4-13(14)10-16-7-3-6-15(19,11-16)12-18/h1-2,4-5,17-19H,3,6-12H2/t15-/m0/s1. The van der Waals surface area contributed by atoms with E-state index in [9.17, 15) is 10.2 Å². The molecule has 1 aliphatic heterocycles. The van der Waals surface area contributed by atoms with Gasteiger partial charge in [-0.25, -0.2) is 0 Å². The smallest absolute Gasteiger partial charge is 0.123 e. The van der Waals surface area contributed by atoms with E-state index in [2.05, 4.69) is 4.90 Å². The van der Waals surface area contributed by atoms with Crippen molar-refractivity contribution in [2.24, 2.45) is 0 Å². The Morgan fingerprint density at radius 3 is 2.80 bits per heavy atom. The summed E-state index contributed by atoms with van der Waals surface area (Å²) in [5, 5.41) is 28.3. The highest BCUT2D eigenvalue weighted by atomic mass is 16.5. The molecule has 0 spiro atoms. The minimum Gasteiger partial charge on any atom is -0.491 e. The predicted octanol–water partition coefficient (Wildman–Crippen LogP) is 0.377. The first-order valence-electron chi connectivity index (χ1n) is 7.04. The van der Waals surface area contributed by atoms with Crippen molar-refractivity contribution in [2.45, 2.75) is 25.0 Å². The molecule has 0 unspecified atom stereocenters. The number of aliphatic hydroxyl groups is 3. The molecule has 0 radical (unpaired) electrons. The van der Waals surface area contributed by atoms with Gasteiger partial charge in [-0.3, -0.25) is 4.90 Å². The highest BCUT2D eigenvalue weighted by Gasteiger charge is 2.32. The van der Waals surface area contributed by atoms with Gasteiger partial charge in [0.25, 0.3) is 0 Å². The van der Waals surface area contributed by atoms with Gasteiger partial charge in [0.2, 0.25) is 0 Å². The second-order valence-electron chi connectivity index (χ2n) is 5.38. The molecular formula is C15H23NO4. The van der Waals surface area contributed by atoms with Crippen LogP contribution in [0.5, 0.6) is 5.75 Å². The molecule has 0 aliphatic carbocycles. The van der Waals surface area contributed by atoms with Gasteiger partial charge in [0.15, 0.2) is 0 Å². The topological polar surface area (TPSA) is 73.2 Å². The number of aliphatic hydroxyl groups excluding tert-OH is 2. The van der Waals surface area contributed by atoms with Crippen molar-refractivity contribution in [3.8, 4) is 5.75 Å². The number of hydrogen-bond acceptors (Lipinski definition) is 5. The molecule has 1 heterocycles. The van der Waals surface area contributed by atoms with Crippen molar-refractivity contribution in [3.05, 3.63) is 29.8 Å². The quantitative estimate of drug-likeness (QED) is 0.703. The molecule has 20 heavy (non-hydrogen) atoms. The van der Waals surface area contributed by atoms with Crippen molar-refractivity contribution in [1.82, 2.24) is 4.90 Å². The number of benzene rings is 1. The molecule has 2 rings (SSSR count). The zero-order valence-electron chi connectivity index (χ0n) is 11.7. The van der Waals surface area contributed by atoms with Crippen LogP contribution >= 0.6 is 0 Å². The van der Waals surface area contributed by atoms with E-state index in [4.69, 9.17) is 9.84 Å². The van der Waals surface area contributed by atoms with Crippen LogP contribution in [0.2, 0.25) is 0 Å². The lowest BCUT2D eigenvalue weighted by Crippen LogP contribution is -2.50. The maximum absolute atomic E-state index is 10.2. The van der Waals surface area contributed by atoms with Crippen LogP contribution in [0.25, 0.3) is 0 Å². The second-order valence-corrected chi connectivity index (χ2v) is 5.38. The highest BCUT2D eigenvalue weighted by molar-refractivity contribution is 5.33. The Morgan fingerprint density at radius 2 is 2.05 bits per heavy atom. The third-order valence-corrected chi connectivity index (χ3v) is 3.64. The van der Waals surface area contributed by atoms with Crippen LogP contribution in [-0.4, -0.2) is 58.7 Å². The summed E-state index contributed by atoms with van der Waals surface area (Å²) in [7, 11) is 0. The number of piperidine rings is 1. The summed E-state index contributed by atoms with van der Waals surface area (Å²) in [6.45, 7) is 2.10. The molecule has 1 aromatic carbocycles. The van der Waals surface area contributed by atoms with Crippen LogP contribution in [0, 0.1) is 0 Å². The minimum absolute atomic E-state index is 0.0116. The van der Waals surface area contributed by atoms with E-state index in [0.717, 1.165) is 24.3 Å². The first kappa shape index (κ1) is 15.3. The number of hydrogen-bond donors (Lipinski definition) is 3. The maximum Gasteiger partial charge on any atom is 0.123 e. The minimum atomic E-state index is -0.987. The lowest BCUT2D eigenvalue weighted by Gasteiger charge is -2.38. The van der Waals surface area contributed by atoms with E-state index < -0.39 is 5.60 Å². The van der Waals surface area contributed by atoms with E-state index in [1.807, 2.05) is 24.3 Å². The SMILES string of the molecule is OCCOc1ccccc1CN1CCC[C@@](O)(CO)C1. The number of nitrogens with zero attached hydrogens (tertiary/aromatic N) is 1. The van der Waals surface area contributed by atoms with Crippen LogP contribution in [0.1, 0.15) is 18.4 Å². The van der Waals surface area contributed by atoms with Crippen molar-refractivity contribution < 1.29 is 20.1 Å². The Morgan fingerprint density at radius 1 is 1.25 bits per heavy atom. The monoisotopic (exact) mass is 281 g/mol. The lowest BCUT2D eigenvalue weighted by molar-refractivity contribution is -0.0688. The number of para-hydroxylation sites is 1. The summed E-state index contributed by atoms with van der Waals surface area (Å²) < 4.78 is 5.52. The Labute approximate surface area is 119 Å². The predicted molar refractivity (Wildman–Crippen MR) is 75.6 cm³/mol. The number of rotatable bonds is 6. The van der Waals surface area contributed by atoms with E-state index in [1.54, 1.807) is 0 Å². The van der Waals surface area contributed by atoms with Crippen LogP contribution in [0.4, 0.5) is 0 Å². The number of likely N-dealkylation sites (tertiary alicyclic amines) is 1. The molecule has 5 heteroatoms. The third kappa shape index (κ3) is 3.93. The summed E-state index contributed by atoms with van der Waals surface area (Å²) in [6.07, 6.45) is 1.51. The zero-order chi connectivity index (χ0) is 14.4. The second kappa shape index (κ2) is 7.04. The fourth-order valence-electron chi connectivity index (χ4n) is 2.64. The molecule has 0 saturated carbocycles. The van der Waals surface area contributed by atoms with E-state index in [0.29, 0.717) is 19.5 Å². The summed E-state index contributed by atoms with van der Waals surface area (Å²) in [5.74, 6) is 0.764. The molecule has 1 atom stereocenters. The fraction of sp³-hybridized carbons (Fsp3) is 0.600. The molecule has 1 saturated heterocycles. The van der Waals surface area contributed by atoms with E-state index >= 15 is 0 Å². The Kier molecular flexibility index (Phi) is 5.37. The zero-order valence-corrected chi connectivity index (χ0v) is 11.7. The third-order valence-electron chi connectivity index (χ3n) is 3.64. The van der Waals surface area contributed by atoms with Crippen LogP contribution in [0.15, 0.2) is 24.3 Å². The van der Waals surface area contributed by atoms with Gasteiger partial charge >= 0.3 is 0 Å². The molecule has 1 fully saturated rings. The summed E-state index contributed by atoms with van der Waals surface area (Å²) in [6, 6.07) is 7.71. The van der Waals surface area contributed by atoms with Crippen molar-refractivity contribution in [2.75, 3.05) is 32.9 Å². The van der Waals surface area contributed by atoms with E-state index in [-0.39, 0.29) is 19.8 Å². The molecule has 1 aromatic rings. The Hall–Kier alpha value is -1.14. The van der Waals surface area contributed by atoms with Crippen molar-refractivity contribution in [3.63, 3.8) is 0 Å². The fourth-order valence-corrected chi connectivity index (χ4v) is 2.64. The lowest BCUT2D eigenvalue weighted by atomic mass is 9.93. The van der Waals surface area contributed by atoms with Gasteiger partial charge in [0.05, 0.1) is 13.2 Å². The largest absolute Gasteiger partial charge is 0.491 e. The van der Waals surface area contributed by atoms with Gasteiger partial charge in [-0.05, 0) is 25.5 Å². The average Bonchev–Trinajstić information content (AvgIpc) is 2.46. The summed E-state index contributed by atoms with van der Waals surface area (Å²) in [4.78, 5) is 2.13. The number of ether oxygens (including phenoxy) is 1. The first-order valence-corrected chi connectivity index (χ1v) is 7.04. The molecule has 0 bridgehead atoms.